The number of piperazine rings is 1. The van der Waals surface area contributed by atoms with Gasteiger partial charge in [-0.15, -0.1) is 0 Å². The zero-order valence-electron chi connectivity index (χ0n) is 15.6. The van der Waals surface area contributed by atoms with E-state index in [0.29, 0.717) is 41.4 Å². The Labute approximate surface area is 188 Å². The minimum absolute atomic E-state index is 0.00233. The molecule has 1 N–H and O–H groups in total. The van der Waals surface area contributed by atoms with Crippen LogP contribution in [0.1, 0.15) is 5.82 Å². The number of sulfonamides is 1. The normalized spacial score (nSPS) is 16.2. The molecule has 1 aliphatic rings. The van der Waals surface area contributed by atoms with E-state index in [1.165, 1.54) is 10.4 Å². The maximum Gasteiger partial charge on any atom is 0.258 e. The summed E-state index contributed by atoms with van der Waals surface area (Å²) >= 11 is 18.1. The van der Waals surface area contributed by atoms with Crippen molar-refractivity contribution in [3.63, 3.8) is 0 Å². The van der Waals surface area contributed by atoms with Gasteiger partial charge >= 0.3 is 0 Å². The maximum atomic E-state index is 12.9. The summed E-state index contributed by atoms with van der Waals surface area (Å²) in [4.78, 5) is 21.6. The number of nitrogens with one attached hydrogen (secondary N) is 1. The molecule has 11 heteroatoms. The average Bonchev–Trinajstić information content (AvgIpc) is 2.70. The zero-order valence-corrected chi connectivity index (χ0v) is 18.7. The Morgan fingerprint density at radius 2 is 1.77 bits per heavy atom. The molecule has 158 valence electrons. The summed E-state index contributed by atoms with van der Waals surface area (Å²) < 4.78 is 27.3. The number of benzene rings is 2. The number of hydrogen-bond acceptors (Lipinski definition) is 5. The first-order valence-electron chi connectivity index (χ1n) is 9.11. The fourth-order valence-corrected chi connectivity index (χ4v) is 5.72. The zero-order chi connectivity index (χ0) is 21.5. The molecule has 1 fully saturated rings. The number of H-pyrrole nitrogens is 1. The first kappa shape index (κ1) is 21.5. The van der Waals surface area contributed by atoms with Gasteiger partial charge in [-0.25, -0.2) is 13.4 Å². The second-order valence-electron chi connectivity index (χ2n) is 6.91. The lowest BCUT2D eigenvalue weighted by molar-refractivity contribution is 0.178. The van der Waals surface area contributed by atoms with Gasteiger partial charge in [0.05, 0.1) is 27.5 Å². The standard InChI is InChI=1S/C19H17Cl3N4O3S/c20-12-4-5-13-15(10-12)23-17(24-19(13)27)11-25-6-8-26(9-7-25)30(28,29)16-3-1-2-14(21)18(16)22/h1-5,10H,6-9,11H2,(H,23,24,27). The van der Waals surface area contributed by atoms with Gasteiger partial charge in [-0.05, 0) is 30.3 Å². The van der Waals surface area contributed by atoms with Crippen molar-refractivity contribution in [3.05, 3.63) is 67.6 Å². The van der Waals surface area contributed by atoms with E-state index in [1.807, 2.05) is 4.90 Å². The number of rotatable bonds is 4. The van der Waals surface area contributed by atoms with Crippen LogP contribution in [0.2, 0.25) is 15.1 Å². The second-order valence-corrected chi connectivity index (χ2v) is 10.0. The van der Waals surface area contributed by atoms with Crippen LogP contribution in [0.15, 0.2) is 46.1 Å². The first-order valence-corrected chi connectivity index (χ1v) is 11.7. The van der Waals surface area contributed by atoms with Crippen LogP contribution < -0.4 is 5.56 Å². The fourth-order valence-electron chi connectivity index (χ4n) is 3.40. The van der Waals surface area contributed by atoms with Crippen molar-refractivity contribution in [2.75, 3.05) is 26.2 Å². The summed E-state index contributed by atoms with van der Waals surface area (Å²) in [6.45, 7) is 1.93. The van der Waals surface area contributed by atoms with Crippen LogP contribution >= 0.6 is 34.8 Å². The molecule has 3 aromatic rings. The topological polar surface area (TPSA) is 86.4 Å². The maximum absolute atomic E-state index is 12.9. The van der Waals surface area contributed by atoms with Crippen molar-refractivity contribution in [3.8, 4) is 0 Å². The molecule has 1 aliphatic heterocycles. The van der Waals surface area contributed by atoms with E-state index in [9.17, 15) is 13.2 Å². The molecule has 1 saturated heterocycles. The third-order valence-corrected chi connectivity index (χ3v) is 8.06. The van der Waals surface area contributed by atoms with E-state index in [4.69, 9.17) is 34.8 Å². The monoisotopic (exact) mass is 486 g/mol. The molecule has 4 rings (SSSR count). The lowest BCUT2D eigenvalue weighted by Crippen LogP contribution is -2.48. The van der Waals surface area contributed by atoms with Crippen LogP contribution in [0.4, 0.5) is 0 Å². The molecule has 0 unspecified atom stereocenters. The van der Waals surface area contributed by atoms with Crippen LogP contribution in [0, 0.1) is 0 Å². The van der Waals surface area contributed by atoms with Crippen LogP contribution in [0.5, 0.6) is 0 Å². The molecule has 1 aromatic heterocycles. The number of aromatic nitrogens is 2. The van der Waals surface area contributed by atoms with Crippen molar-refractivity contribution in [1.29, 1.82) is 0 Å². The van der Waals surface area contributed by atoms with Gasteiger partial charge in [0.2, 0.25) is 10.0 Å². The molecule has 0 radical (unpaired) electrons. The number of aromatic amines is 1. The Kier molecular flexibility index (Phi) is 6.07. The SMILES string of the molecule is O=c1[nH]c(CN2CCN(S(=O)(=O)c3cccc(Cl)c3Cl)CC2)nc2cc(Cl)ccc12. The van der Waals surface area contributed by atoms with Gasteiger partial charge in [-0.1, -0.05) is 40.9 Å². The Morgan fingerprint density at radius 1 is 1.03 bits per heavy atom. The van der Waals surface area contributed by atoms with E-state index >= 15 is 0 Å². The van der Waals surface area contributed by atoms with Crippen LogP contribution in [-0.2, 0) is 16.6 Å². The summed E-state index contributed by atoms with van der Waals surface area (Å²) in [7, 11) is -3.75. The van der Waals surface area contributed by atoms with E-state index in [0.717, 1.165) is 0 Å². The molecule has 0 aliphatic carbocycles. The van der Waals surface area contributed by atoms with Crippen molar-refractivity contribution in [2.45, 2.75) is 11.4 Å². The number of halogens is 3. The lowest BCUT2D eigenvalue weighted by atomic mass is 10.2. The van der Waals surface area contributed by atoms with Gasteiger partial charge in [0, 0.05) is 31.2 Å². The quantitative estimate of drug-likeness (QED) is 0.610. The largest absolute Gasteiger partial charge is 0.309 e. The van der Waals surface area contributed by atoms with Crippen molar-refractivity contribution in [1.82, 2.24) is 19.2 Å². The third-order valence-electron chi connectivity index (χ3n) is 4.96. The van der Waals surface area contributed by atoms with E-state index in [1.54, 1.807) is 30.3 Å². The minimum atomic E-state index is -3.75. The van der Waals surface area contributed by atoms with Crippen LogP contribution in [0.3, 0.4) is 0 Å². The highest BCUT2D eigenvalue weighted by molar-refractivity contribution is 7.89. The smallest absolute Gasteiger partial charge is 0.258 e. The Bertz CT molecular complexity index is 1270. The Hall–Kier alpha value is -1.68. The molecule has 0 atom stereocenters. The molecule has 0 bridgehead atoms. The molecule has 0 spiro atoms. The summed E-state index contributed by atoms with van der Waals surface area (Å²) in [6.07, 6.45) is 0. The number of hydrogen-bond donors (Lipinski definition) is 1. The van der Waals surface area contributed by atoms with Gasteiger partial charge in [0.15, 0.2) is 0 Å². The average molecular weight is 488 g/mol. The Morgan fingerprint density at radius 3 is 2.50 bits per heavy atom. The highest BCUT2D eigenvalue weighted by atomic mass is 35.5. The van der Waals surface area contributed by atoms with E-state index < -0.39 is 10.0 Å². The lowest BCUT2D eigenvalue weighted by Gasteiger charge is -2.33. The highest BCUT2D eigenvalue weighted by Crippen LogP contribution is 2.31. The van der Waals surface area contributed by atoms with Gasteiger partial charge in [0.1, 0.15) is 10.7 Å². The molecule has 2 heterocycles. The van der Waals surface area contributed by atoms with Crippen molar-refractivity contribution < 1.29 is 8.42 Å². The summed E-state index contributed by atoms with van der Waals surface area (Å²) in [5, 5.41) is 1.20. The van der Waals surface area contributed by atoms with E-state index in [2.05, 4.69) is 9.97 Å². The summed E-state index contributed by atoms with van der Waals surface area (Å²) in [5.41, 5.74) is 0.293. The van der Waals surface area contributed by atoms with Crippen LogP contribution in [0.25, 0.3) is 10.9 Å². The van der Waals surface area contributed by atoms with Crippen LogP contribution in [-0.4, -0.2) is 53.8 Å². The minimum Gasteiger partial charge on any atom is -0.309 e. The second kappa shape index (κ2) is 8.45. The van der Waals surface area contributed by atoms with Gasteiger partial charge in [0.25, 0.3) is 5.56 Å². The highest BCUT2D eigenvalue weighted by Gasteiger charge is 2.30. The van der Waals surface area contributed by atoms with Gasteiger partial charge in [-0.2, -0.15) is 4.31 Å². The van der Waals surface area contributed by atoms with Gasteiger partial charge < -0.3 is 4.98 Å². The number of nitrogens with zero attached hydrogens (tertiary/aromatic N) is 3. The van der Waals surface area contributed by atoms with E-state index in [-0.39, 0.29) is 33.6 Å². The van der Waals surface area contributed by atoms with Gasteiger partial charge in [-0.3, -0.25) is 9.69 Å². The molecular formula is C19H17Cl3N4O3S. The summed E-state index contributed by atoms with van der Waals surface area (Å²) in [6, 6.07) is 9.49. The molecule has 0 amide bonds. The Balaban J connectivity index is 1.48. The van der Waals surface area contributed by atoms with Crippen molar-refractivity contribution in [2.24, 2.45) is 0 Å². The predicted octanol–water partition coefficient (Wildman–Crippen LogP) is 3.39. The third kappa shape index (κ3) is 4.21. The molecule has 0 saturated carbocycles. The first-order chi connectivity index (χ1) is 14.3. The fraction of sp³-hybridized carbons (Fsp3) is 0.263. The summed E-state index contributed by atoms with van der Waals surface area (Å²) in [5.74, 6) is 0.504. The molecule has 7 nitrogen and oxygen atoms in total. The predicted molar refractivity (Wildman–Crippen MR) is 118 cm³/mol. The number of fused-ring (bicyclic) bond motifs is 1. The molecule has 2 aromatic carbocycles. The molecular weight excluding hydrogens is 471 g/mol. The molecule has 30 heavy (non-hydrogen) atoms. The van der Waals surface area contributed by atoms with Crippen molar-refractivity contribution >= 4 is 55.7 Å².